The first-order valence-electron chi connectivity index (χ1n) is 6.57. The van der Waals surface area contributed by atoms with E-state index in [1.807, 2.05) is 0 Å². The highest BCUT2D eigenvalue weighted by molar-refractivity contribution is 14.1. The predicted octanol–water partition coefficient (Wildman–Crippen LogP) is 2.65. The van der Waals surface area contributed by atoms with Crippen LogP contribution in [0.3, 0.4) is 0 Å². The number of aromatic nitrogens is 2. The average molecular weight is 463 g/mol. The molecule has 0 amide bonds. The largest absolute Gasteiger partial charge is 0.419 e. The molecule has 0 saturated heterocycles. The number of nitrogens with zero attached hydrogens (tertiary/aromatic N) is 2. The van der Waals surface area contributed by atoms with E-state index in [0.717, 1.165) is 16.7 Å². The molecular formula is C13H11F5IN3O2. The van der Waals surface area contributed by atoms with E-state index < -0.39 is 29.6 Å². The molecule has 0 aliphatic heterocycles. The molecule has 0 fully saturated rings. The molecule has 2 heterocycles. The SMILES string of the molecule is O=c1c(I)cnc2c(C(F)(F)F)cc(CNCCOC(F)F)cn12. The Morgan fingerprint density at radius 3 is 2.71 bits per heavy atom. The molecule has 132 valence electrons. The number of halogens is 6. The first-order valence-corrected chi connectivity index (χ1v) is 7.65. The second-order valence-electron chi connectivity index (χ2n) is 4.67. The van der Waals surface area contributed by atoms with E-state index in [0.29, 0.717) is 0 Å². The van der Waals surface area contributed by atoms with Crippen molar-refractivity contribution in [3.63, 3.8) is 0 Å². The van der Waals surface area contributed by atoms with Gasteiger partial charge in [-0.15, -0.1) is 0 Å². The molecule has 0 spiro atoms. The van der Waals surface area contributed by atoms with Crippen LogP contribution in [-0.2, 0) is 17.5 Å². The van der Waals surface area contributed by atoms with Crippen molar-refractivity contribution >= 4 is 28.2 Å². The molecule has 24 heavy (non-hydrogen) atoms. The molecule has 0 aliphatic rings. The van der Waals surface area contributed by atoms with Crippen molar-refractivity contribution in [3.8, 4) is 0 Å². The van der Waals surface area contributed by atoms with E-state index in [9.17, 15) is 26.7 Å². The summed E-state index contributed by atoms with van der Waals surface area (Å²) in [6.45, 7) is -3.24. The Balaban J connectivity index is 2.31. The number of nitrogens with one attached hydrogen (secondary N) is 1. The third-order valence-electron chi connectivity index (χ3n) is 2.97. The second-order valence-corrected chi connectivity index (χ2v) is 5.84. The van der Waals surface area contributed by atoms with Gasteiger partial charge in [-0.05, 0) is 34.2 Å². The van der Waals surface area contributed by atoms with E-state index >= 15 is 0 Å². The van der Waals surface area contributed by atoms with E-state index in [1.165, 1.54) is 6.20 Å². The number of hydrogen-bond acceptors (Lipinski definition) is 4. The first kappa shape index (κ1) is 19.0. The maximum Gasteiger partial charge on any atom is 0.419 e. The summed E-state index contributed by atoms with van der Waals surface area (Å²) in [7, 11) is 0. The molecule has 0 bridgehead atoms. The van der Waals surface area contributed by atoms with Gasteiger partial charge in [0, 0.05) is 25.5 Å². The van der Waals surface area contributed by atoms with Crippen LogP contribution in [0.1, 0.15) is 11.1 Å². The molecule has 0 aliphatic carbocycles. The van der Waals surface area contributed by atoms with Crippen molar-refractivity contribution in [2.24, 2.45) is 0 Å². The quantitative estimate of drug-likeness (QED) is 0.407. The Hall–Kier alpha value is -1.34. The van der Waals surface area contributed by atoms with E-state index in [4.69, 9.17) is 0 Å². The van der Waals surface area contributed by atoms with Crippen LogP contribution in [0.5, 0.6) is 0 Å². The molecule has 5 nitrogen and oxygen atoms in total. The molecule has 0 saturated carbocycles. The van der Waals surface area contributed by atoms with Gasteiger partial charge in [0.2, 0.25) is 0 Å². The zero-order valence-electron chi connectivity index (χ0n) is 11.9. The fraction of sp³-hybridized carbons (Fsp3) is 0.385. The minimum Gasteiger partial charge on any atom is -0.322 e. The van der Waals surface area contributed by atoms with Crippen molar-refractivity contribution in [3.05, 3.63) is 43.5 Å². The van der Waals surface area contributed by atoms with Crippen molar-refractivity contribution in [2.75, 3.05) is 13.2 Å². The van der Waals surface area contributed by atoms with Crippen LogP contribution in [0.25, 0.3) is 5.65 Å². The highest BCUT2D eigenvalue weighted by atomic mass is 127. The molecule has 11 heteroatoms. The summed E-state index contributed by atoms with van der Waals surface area (Å²) in [5.41, 5.74) is -1.98. The maximum absolute atomic E-state index is 13.2. The first-order chi connectivity index (χ1) is 11.2. The third-order valence-corrected chi connectivity index (χ3v) is 3.71. The highest BCUT2D eigenvalue weighted by Gasteiger charge is 2.34. The van der Waals surface area contributed by atoms with Crippen LogP contribution in [0.4, 0.5) is 22.0 Å². The number of pyridine rings is 1. The number of alkyl halides is 5. The summed E-state index contributed by atoms with van der Waals surface area (Å²) in [5, 5.41) is 2.67. The smallest absolute Gasteiger partial charge is 0.322 e. The topological polar surface area (TPSA) is 55.6 Å². The fourth-order valence-electron chi connectivity index (χ4n) is 1.98. The van der Waals surface area contributed by atoms with Crippen LogP contribution in [0, 0.1) is 3.57 Å². The lowest BCUT2D eigenvalue weighted by atomic mass is 10.1. The predicted molar refractivity (Wildman–Crippen MR) is 82.8 cm³/mol. The van der Waals surface area contributed by atoms with Gasteiger partial charge in [-0.25, -0.2) is 4.98 Å². The zero-order chi connectivity index (χ0) is 17.9. The van der Waals surface area contributed by atoms with Gasteiger partial charge in [-0.1, -0.05) is 0 Å². The van der Waals surface area contributed by atoms with E-state index in [-0.39, 0.29) is 28.8 Å². The number of hydrogen-bond donors (Lipinski definition) is 1. The molecular weight excluding hydrogens is 452 g/mol. The van der Waals surface area contributed by atoms with Crippen molar-refractivity contribution < 1.29 is 26.7 Å². The Bertz CT molecular complexity index is 779. The lowest BCUT2D eigenvalue weighted by molar-refractivity contribution is -0.136. The standard InChI is InChI=1S/C13H11F5IN3O2/c14-12(15)24-2-1-20-4-7-3-8(13(16,17)18)10-21-5-9(19)11(23)22(10)6-7/h3,5-6,12,20H,1-2,4H2. The van der Waals surface area contributed by atoms with Gasteiger partial charge in [-0.2, -0.15) is 22.0 Å². The average Bonchev–Trinajstić information content (AvgIpc) is 2.49. The third kappa shape index (κ3) is 4.60. The van der Waals surface area contributed by atoms with Crippen molar-refractivity contribution in [1.82, 2.24) is 14.7 Å². The molecule has 0 atom stereocenters. The van der Waals surface area contributed by atoms with Crippen LogP contribution < -0.4 is 10.9 Å². The lowest BCUT2D eigenvalue weighted by Gasteiger charge is -2.13. The summed E-state index contributed by atoms with van der Waals surface area (Å²) in [5.74, 6) is 0. The minimum atomic E-state index is -4.69. The highest BCUT2D eigenvalue weighted by Crippen LogP contribution is 2.32. The second kappa shape index (κ2) is 7.70. The molecule has 2 aromatic heterocycles. The summed E-state index contributed by atoms with van der Waals surface area (Å²) >= 11 is 1.68. The van der Waals surface area contributed by atoms with Gasteiger partial charge in [-0.3, -0.25) is 9.20 Å². The number of fused-ring (bicyclic) bond motifs is 1. The Morgan fingerprint density at radius 2 is 2.08 bits per heavy atom. The maximum atomic E-state index is 13.2. The van der Waals surface area contributed by atoms with Crippen LogP contribution >= 0.6 is 22.6 Å². The van der Waals surface area contributed by atoms with Crippen LogP contribution in [0.2, 0.25) is 0 Å². The molecule has 0 unspecified atom stereocenters. The van der Waals surface area contributed by atoms with Crippen molar-refractivity contribution in [2.45, 2.75) is 19.3 Å². The molecule has 2 aromatic rings. The van der Waals surface area contributed by atoms with Crippen molar-refractivity contribution in [1.29, 1.82) is 0 Å². The Kier molecular flexibility index (Phi) is 6.09. The van der Waals surface area contributed by atoms with Gasteiger partial charge in [0.15, 0.2) is 5.65 Å². The summed E-state index contributed by atoms with van der Waals surface area (Å²) in [4.78, 5) is 15.7. The van der Waals surface area contributed by atoms with Gasteiger partial charge in [0.05, 0.1) is 15.7 Å². The summed E-state index contributed by atoms with van der Waals surface area (Å²) < 4.78 is 68.2. The summed E-state index contributed by atoms with van der Waals surface area (Å²) in [6.07, 6.45) is -2.37. The van der Waals surface area contributed by atoms with Crippen LogP contribution in [0.15, 0.2) is 23.3 Å². The lowest BCUT2D eigenvalue weighted by Crippen LogP contribution is -2.24. The number of ether oxygens (including phenoxy) is 1. The van der Waals surface area contributed by atoms with E-state index in [1.54, 1.807) is 22.6 Å². The molecule has 2 rings (SSSR count). The Labute approximate surface area is 146 Å². The normalized spacial score (nSPS) is 12.3. The molecule has 1 N–H and O–H groups in total. The van der Waals surface area contributed by atoms with Crippen LogP contribution in [-0.4, -0.2) is 29.1 Å². The van der Waals surface area contributed by atoms with Gasteiger partial charge in [0.25, 0.3) is 5.56 Å². The van der Waals surface area contributed by atoms with Gasteiger partial charge >= 0.3 is 12.8 Å². The Morgan fingerprint density at radius 1 is 1.38 bits per heavy atom. The van der Waals surface area contributed by atoms with Gasteiger partial charge in [0.1, 0.15) is 0 Å². The van der Waals surface area contributed by atoms with E-state index in [2.05, 4.69) is 15.0 Å². The molecule has 0 radical (unpaired) electrons. The zero-order valence-corrected chi connectivity index (χ0v) is 14.1. The molecule has 0 aromatic carbocycles. The minimum absolute atomic E-state index is 0.0171. The summed E-state index contributed by atoms with van der Waals surface area (Å²) in [6, 6.07) is 0.871. The van der Waals surface area contributed by atoms with Gasteiger partial charge < -0.3 is 10.1 Å². The number of rotatable bonds is 6. The monoisotopic (exact) mass is 463 g/mol. The fourth-order valence-corrected chi connectivity index (χ4v) is 2.38.